The number of halogens is 3. The van der Waals surface area contributed by atoms with Crippen LogP contribution in [0.15, 0.2) is 27.7 Å². The number of hydrogen-bond acceptors (Lipinski definition) is 4. The van der Waals surface area contributed by atoms with Crippen LogP contribution >= 0.6 is 0 Å². The van der Waals surface area contributed by atoms with Gasteiger partial charge in [0.15, 0.2) is 9.84 Å². The van der Waals surface area contributed by atoms with Crippen molar-refractivity contribution in [1.29, 1.82) is 0 Å². The van der Waals surface area contributed by atoms with Crippen LogP contribution in [-0.4, -0.2) is 19.8 Å². The minimum atomic E-state index is -4.69. The highest BCUT2D eigenvalue weighted by Crippen LogP contribution is 2.48. The molecule has 1 fully saturated rings. The number of sulfone groups is 1. The van der Waals surface area contributed by atoms with Crippen LogP contribution in [0.4, 0.5) is 13.2 Å². The second-order valence-corrected chi connectivity index (χ2v) is 7.20. The molecule has 22 heavy (non-hydrogen) atoms. The first-order chi connectivity index (χ1) is 10.2. The Kier molecular flexibility index (Phi) is 3.32. The molecule has 0 saturated heterocycles. The fourth-order valence-corrected chi connectivity index (χ4v) is 3.22. The van der Waals surface area contributed by atoms with Gasteiger partial charge < -0.3 is 4.52 Å². The highest BCUT2D eigenvalue weighted by atomic mass is 32.2. The highest BCUT2D eigenvalue weighted by Gasteiger charge is 2.39. The van der Waals surface area contributed by atoms with Gasteiger partial charge in [-0.3, -0.25) is 0 Å². The van der Waals surface area contributed by atoms with Gasteiger partial charge in [0.1, 0.15) is 5.76 Å². The molecule has 0 unspecified atom stereocenters. The quantitative estimate of drug-likeness (QED) is 0.865. The molecule has 1 aromatic carbocycles. The van der Waals surface area contributed by atoms with Crippen LogP contribution in [-0.2, 0) is 16.0 Å². The summed E-state index contributed by atoms with van der Waals surface area (Å²) >= 11 is 0. The van der Waals surface area contributed by atoms with Crippen molar-refractivity contribution >= 4 is 9.84 Å². The Hall–Kier alpha value is -1.83. The summed E-state index contributed by atoms with van der Waals surface area (Å²) in [6.07, 6.45) is -1.13. The number of benzene rings is 1. The maximum Gasteiger partial charge on any atom is 0.417 e. The summed E-state index contributed by atoms with van der Waals surface area (Å²) in [5, 5.41) is 3.56. The van der Waals surface area contributed by atoms with Crippen molar-refractivity contribution in [1.82, 2.24) is 5.16 Å². The molecule has 0 atom stereocenters. The largest absolute Gasteiger partial charge is 0.417 e. The van der Waals surface area contributed by atoms with Crippen LogP contribution in [0.1, 0.15) is 30.1 Å². The summed E-state index contributed by atoms with van der Waals surface area (Å²) < 4.78 is 68.7. The summed E-state index contributed by atoms with van der Waals surface area (Å²) in [7, 11) is -3.89. The molecule has 0 aliphatic heterocycles. The van der Waals surface area contributed by atoms with Gasteiger partial charge in [-0.2, -0.15) is 13.2 Å². The third kappa shape index (κ3) is 2.63. The molecule has 117 valence electrons. The lowest BCUT2D eigenvalue weighted by Gasteiger charge is -2.15. The molecule has 8 heteroatoms. The van der Waals surface area contributed by atoms with Gasteiger partial charge in [0.2, 0.25) is 0 Å². The van der Waals surface area contributed by atoms with Crippen LogP contribution in [0.3, 0.4) is 0 Å². The minimum Gasteiger partial charge on any atom is -0.360 e. The smallest absolute Gasteiger partial charge is 0.360 e. The van der Waals surface area contributed by atoms with Crippen molar-refractivity contribution in [3.05, 3.63) is 35.7 Å². The Bertz CT molecular complexity index is 820. The Morgan fingerprint density at radius 2 is 2.05 bits per heavy atom. The first kappa shape index (κ1) is 15.1. The summed E-state index contributed by atoms with van der Waals surface area (Å²) in [5.41, 5.74) is -1.38. The fourth-order valence-electron chi connectivity index (χ4n) is 2.35. The molecule has 1 radical (unpaired) electrons. The second-order valence-electron chi connectivity index (χ2n) is 5.24. The van der Waals surface area contributed by atoms with E-state index in [4.69, 9.17) is 4.52 Å². The molecule has 4 nitrogen and oxygen atoms in total. The van der Waals surface area contributed by atoms with Gasteiger partial charge in [0.05, 0.1) is 16.7 Å². The van der Waals surface area contributed by atoms with E-state index in [2.05, 4.69) is 11.2 Å². The predicted molar refractivity (Wildman–Crippen MR) is 70.9 cm³/mol. The van der Waals surface area contributed by atoms with Crippen LogP contribution in [0, 0.1) is 6.07 Å². The lowest BCUT2D eigenvalue weighted by Crippen LogP contribution is -2.11. The SMILES string of the molecule is CS(=O)(=O)c1[c]ccc(C(F)(F)F)c1-c1cnoc1C1CC1. The van der Waals surface area contributed by atoms with E-state index in [9.17, 15) is 21.6 Å². The van der Waals surface area contributed by atoms with Gasteiger partial charge in [0.25, 0.3) is 0 Å². The Labute approximate surface area is 124 Å². The molecule has 0 spiro atoms. The standard InChI is InChI=1S/C14H11F3NO3S/c1-22(19,20)11-4-2-3-10(14(15,16)17)12(11)9-7-18-21-13(9)8-5-6-8/h2-3,7-8H,5-6H2,1H3. The summed E-state index contributed by atoms with van der Waals surface area (Å²) in [6.45, 7) is 0. The van der Waals surface area contributed by atoms with E-state index < -0.39 is 32.0 Å². The molecule has 1 aliphatic rings. The van der Waals surface area contributed by atoms with Crippen molar-refractivity contribution in [2.75, 3.05) is 6.26 Å². The lowest BCUT2D eigenvalue weighted by molar-refractivity contribution is -0.137. The van der Waals surface area contributed by atoms with Gasteiger partial charge in [-0.15, -0.1) is 0 Å². The average Bonchev–Trinajstić information content (AvgIpc) is 3.13. The van der Waals surface area contributed by atoms with Gasteiger partial charge in [0, 0.05) is 29.4 Å². The Morgan fingerprint density at radius 3 is 2.59 bits per heavy atom. The monoisotopic (exact) mass is 330 g/mol. The molecular weight excluding hydrogens is 319 g/mol. The van der Waals surface area contributed by atoms with Crippen molar-refractivity contribution in [2.45, 2.75) is 29.8 Å². The number of hydrogen-bond donors (Lipinski definition) is 0. The van der Waals surface area contributed by atoms with E-state index in [-0.39, 0.29) is 11.5 Å². The van der Waals surface area contributed by atoms with Crippen molar-refractivity contribution in [2.24, 2.45) is 0 Å². The molecule has 0 bridgehead atoms. The van der Waals surface area contributed by atoms with Crippen LogP contribution in [0.25, 0.3) is 11.1 Å². The molecule has 1 saturated carbocycles. The van der Waals surface area contributed by atoms with Gasteiger partial charge in [-0.05, 0) is 18.9 Å². The molecule has 1 aliphatic carbocycles. The number of aromatic nitrogens is 1. The zero-order valence-corrected chi connectivity index (χ0v) is 12.3. The third-order valence-corrected chi connectivity index (χ3v) is 4.52. The first-order valence-electron chi connectivity index (χ1n) is 6.46. The lowest BCUT2D eigenvalue weighted by atomic mass is 9.98. The molecule has 3 rings (SSSR count). The molecule has 0 N–H and O–H groups in total. The van der Waals surface area contributed by atoms with Crippen LogP contribution < -0.4 is 0 Å². The number of alkyl halides is 3. The molecule has 1 aromatic heterocycles. The molecule has 1 heterocycles. The van der Waals surface area contributed by atoms with E-state index >= 15 is 0 Å². The molecule has 2 aromatic rings. The maximum atomic E-state index is 13.3. The average molecular weight is 330 g/mol. The third-order valence-electron chi connectivity index (χ3n) is 3.45. The van der Waals surface area contributed by atoms with Crippen molar-refractivity contribution < 1.29 is 26.1 Å². The van der Waals surface area contributed by atoms with Crippen molar-refractivity contribution in [3.63, 3.8) is 0 Å². The summed E-state index contributed by atoms with van der Waals surface area (Å²) in [4.78, 5) is -0.493. The van der Waals surface area contributed by atoms with E-state index in [1.807, 2.05) is 0 Å². The normalized spacial score (nSPS) is 16.0. The maximum absolute atomic E-state index is 13.3. The number of rotatable bonds is 3. The van der Waals surface area contributed by atoms with Crippen molar-refractivity contribution in [3.8, 4) is 11.1 Å². The molecule has 0 amide bonds. The van der Waals surface area contributed by atoms with E-state index in [0.717, 1.165) is 37.4 Å². The Balaban J connectivity index is 2.34. The zero-order valence-electron chi connectivity index (χ0n) is 11.4. The molecular formula is C14H11F3NO3S. The highest BCUT2D eigenvalue weighted by molar-refractivity contribution is 7.90. The Morgan fingerprint density at radius 1 is 1.36 bits per heavy atom. The topological polar surface area (TPSA) is 60.2 Å². The summed E-state index contributed by atoms with van der Waals surface area (Å²) in [5.74, 6) is 0.293. The van der Waals surface area contributed by atoms with Gasteiger partial charge in [-0.25, -0.2) is 8.42 Å². The van der Waals surface area contributed by atoms with Gasteiger partial charge >= 0.3 is 6.18 Å². The van der Waals surface area contributed by atoms with Gasteiger partial charge in [-0.1, -0.05) is 11.2 Å². The van der Waals surface area contributed by atoms with E-state index in [0.29, 0.717) is 5.76 Å². The predicted octanol–water partition coefficient (Wildman–Crippen LogP) is 3.44. The fraction of sp³-hybridized carbons (Fsp3) is 0.357. The summed E-state index contributed by atoms with van der Waals surface area (Å²) in [6, 6.07) is 4.19. The van der Waals surface area contributed by atoms with E-state index in [1.165, 1.54) is 0 Å². The first-order valence-corrected chi connectivity index (χ1v) is 8.35. The van der Waals surface area contributed by atoms with Crippen LogP contribution in [0.2, 0.25) is 0 Å². The van der Waals surface area contributed by atoms with E-state index in [1.54, 1.807) is 0 Å². The second kappa shape index (κ2) is 4.84. The zero-order chi connectivity index (χ0) is 16.1. The van der Waals surface area contributed by atoms with Crippen LogP contribution in [0.5, 0.6) is 0 Å². The number of nitrogens with zero attached hydrogens (tertiary/aromatic N) is 1. The minimum absolute atomic E-state index is 0.00815.